The van der Waals surface area contributed by atoms with E-state index in [2.05, 4.69) is 5.32 Å². The molecule has 0 bridgehead atoms. The number of carbonyl (C=O) groups excluding carboxylic acids is 2. The van der Waals surface area contributed by atoms with Crippen LogP contribution in [0, 0.1) is 19.8 Å². The van der Waals surface area contributed by atoms with Crippen LogP contribution in [-0.2, 0) is 32.6 Å². The zero-order valence-corrected chi connectivity index (χ0v) is 28.0. The maximum absolute atomic E-state index is 14.6. The largest absolute Gasteiger partial charge is 0.497 e. The van der Waals surface area contributed by atoms with Crippen molar-refractivity contribution in [1.29, 1.82) is 0 Å². The van der Waals surface area contributed by atoms with Crippen LogP contribution in [0.25, 0.3) is 0 Å². The number of ether oxygens (including phenoxy) is 1. The summed E-state index contributed by atoms with van der Waals surface area (Å²) in [5.41, 5.74) is 3.69. The average molecular weight is 642 g/mol. The lowest BCUT2D eigenvalue weighted by atomic mass is 10.0. The molecule has 0 aliphatic carbocycles. The topological polar surface area (TPSA) is 96.0 Å². The lowest BCUT2D eigenvalue weighted by Gasteiger charge is -2.34. The van der Waals surface area contributed by atoms with E-state index in [0.717, 1.165) is 21.0 Å². The van der Waals surface area contributed by atoms with E-state index in [0.29, 0.717) is 23.5 Å². The van der Waals surface area contributed by atoms with Crippen molar-refractivity contribution in [2.45, 2.75) is 51.6 Å². The molecule has 0 aliphatic rings. The molecule has 4 rings (SSSR count). The van der Waals surface area contributed by atoms with Crippen LogP contribution >= 0.6 is 0 Å². The fourth-order valence-corrected chi connectivity index (χ4v) is 6.76. The summed E-state index contributed by atoms with van der Waals surface area (Å²) in [7, 11) is -2.60. The lowest BCUT2D eigenvalue weighted by Crippen LogP contribution is -2.53. The number of nitrogens with zero attached hydrogens (tertiary/aromatic N) is 2. The number of anilines is 1. The number of aryl methyl sites for hydroxylation is 2. The Labute approximate surface area is 273 Å². The highest BCUT2D eigenvalue weighted by Crippen LogP contribution is 2.28. The first-order valence-corrected chi connectivity index (χ1v) is 16.8. The first kappa shape index (κ1) is 34.2. The van der Waals surface area contributed by atoms with Gasteiger partial charge in [0, 0.05) is 19.5 Å². The molecule has 4 aromatic carbocycles. The van der Waals surface area contributed by atoms with Crippen molar-refractivity contribution >= 4 is 27.5 Å². The molecule has 1 atom stereocenters. The fourth-order valence-electron chi connectivity index (χ4n) is 5.26. The van der Waals surface area contributed by atoms with E-state index in [9.17, 15) is 18.0 Å². The van der Waals surface area contributed by atoms with Crippen LogP contribution in [0.3, 0.4) is 0 Å². The number of rotatable bonds is 14. The van der Waals surface area contributed by atoms with Crippen LogP contribution in [-0.4, -0.2) is 51.4 Å². The Morgan fingerprint density at radius 1 is 0.826 bits per heavy atom. The summed E-state index contributed by atoms with van der Waals surface area (Å²) in [6.45, 7) is 7.75. The fraction of sp³-hybridized carbons (Fsp3) is 0.297. The highest BCUT2D eigenvalue weighted by atomic mass is 32.2. The third kappa shape index (κ3) is 8.75. The minimum atomic E-state index is -4.16. The first-order chi connectivity index (χ1) is 22.0. The van der Waals surface area contributed by atoms with Gasteiger partial charge in [0.05, 0.1) is 17.7 Å². The molecule has 8 nitrogen and oxygen atoms in total. The molecule has 2 amide bonds. The van der Waals surface area contributed by atoms with Gasteiger partial charge in [-0.05, 0) is 66.8 Å². The Morgan fingerprint density at radius 3 is 2.11 bits per heavy atom. The summed E-state index contributed by atoms with van der Waals surface area (Å²) < 4.78 is 35.0. The molecule has 4 aromatic rings. The summed E-state index contributed by atoms with van der Waals surface area (Å²) in [6, 6.07) is 29.4. The maximum Gasteiger partial charge on any atom is 0.264 e. The number of sulfonamides is 1. The quantitative estimate of drug-likeness (QED) is 0.185. The van der Waals surface area contributed by atoms with Gasteiger partial charge in [-0.3, -0.25) is 13.9 Å². The molecule has 1 unspecified atom stereocenters. The van der Waals surface area contributed by atoms with Crippen LogP contribution < -0.4 is 14.4 Å². The predicted molar refractivity (Wildman–Crippen MR) is 182 cm³/mol. The van der Waals surface area contributed by atoms with Gasteiger partial charge >= 0.3 is 0 Å². The smallest absolute Gasteiger partial charge is 0.264 e. The standard InChI is InChI=1S/C37H43N3O5S/c1-27(2)24-38-37(42)35(23-30-13-8-6-9-14-30)39(25-31-15-12-16-32(22-31)45-5)36(41)26-40(34-20-19-28(3)21-29(34)4)46(43,44)33-17-10-7-11-18-33/h6-22,27,35H,23-26H2,1-5H3,(H,38,42). The van der Waals surface area contributed by atoms with Crippen LogP contribution in [0.1, 0.15) is 36.1 Å². The minimum Gasteiger partial charge on any atom is -0.497 e. The van der Waals surface area contributed by atoms with Crippen LogP contribution in [0.5, 0.6) is 5.75 Å². The normalized spacial score (nSPS) is 12.0. The van der Waals surface area contributed by atoms with Gasteiger partial charge < -0.3 is 15.0 Å². The average Bonchev–Trinajstić information content (AvgIpc) is 3.05. The van der Waals surface area contributed by atoms with E-state index in [1.54, 1.807) is 37.4 Å². The van der Waals surface area contributed by atoms with Crippen molar-refractivity contribution in [3.05, 3.63) is 125 Å². The van der Waals surface area contributed by atoms with Gasteiger partial charge in [0.1, 0.15) is 18.3 Å². The molecule has 0 fully saturated rings. The zero-order chi connectivity index (χ0) is 33.3. The Bertz CT molecular complexity index is 1730. The van der Waals surface area contributed by atoms with E-state index in [1.165, 1.54) is 17.0 Å². The second kappa shape index (κ2) is 15.6. The van der Waals surface area contributed by atoms with Crippen molar-refractivity contribution in [3.8, 4) is 5.75 Å². The van der Waals surface area contributed by atoms with Crippen LogP contribution in [0.15, 0.2) is 108 Å². The molecule has 0 spiro atoms. The van der Waals surface area contributed by atoms with E-state index in [4.69, 9.17) is 4.74 Å². The van der Waals surface area contributed by atoms with Crippen molar-refractivity contribution in [2.75, 3.05) is 24.5 Å². The van der Waals surface area contributed by atoms with Crippen molar-refractivity contribution in [2.24, 2.45) is 5.92 Å². The summed E-state index contributed by atoms with van der Waals surface area (Å²) in [5, 5.41) is 3.01. The number of hydrogen-bond acceptors (Lipinski definition) is 5. The summed E-state index contributed by atoms with van der Waals surface area (Å²) in [5.74, 6) is -0.0158. The zero-order valence-electron chi connectivity index (χ0n) is 27.1. The van der Waals surface area contributed by atoms with Gasteiger partial charge in [-0.25, -0.2) is 8.42 Å². The number of carbonyl (C=O) groups is 2. The maximum atomic E-state index is 14.6. The molecule has 0 aromatic heterocycles. The van der Waals surface area contributed by atoms with Gasteiger partial charge in [-0.2, -0.15) is 0 Å². The van der Waals surface area contributed by atoms with Crippen LogP contribution in [0.4, 0.5) is 5.69 Å². The number of methoxy groups -OCH3 is 1. The van der Waals surface area contributed by atoms with Gasteiger partial charge in [0.15, 0.2) is 0 Å². The Morgan fingerprint density at radius 2 is 1.48 bits per heavy atom. The number of nitrogens with one attached hydrogen (secondary N) is 1. The molecular formula is C37H43N3O5S. The van der Waals surface area contributed by atoms with E-state index in [-0.39, 0.29) is 29.7 Å². The molecule has 46 heavy (non-hydrogen) atoms. The predicted octanol–water partition coefficient (Wildman–Crippen LogP) is 5.92. The van der Waals surface area contributed by atoms with Crippen molar-refractivity contribution in [3.63, 3.8) is 0 Å². The first-order valence-electron chi connectivity index (χ1n) is 15.4. The van der Waals surface area contributed by atoms with Gasteiger partial charge in [0.2, 0.25) is 11.8 Å². The molecule has 0 saturated heterocycles. The van der Waals surface area contributed by atoms with Gasteiger partial charge in [0.25, 0.3) is 10.0 Å². The summed E-state index contributed by atoms with van der Waals surface area (Å²) in [6.07, 6.45) is 0.246. The molecule has 0 aliphatic heterocycles. The van der Waals surface area contributed by atoms with Gasteiger partial charge in [-0.15, -0.1) is 0 Å². The molecule has 242 valence electrons. The highest BCUT2D eigenvalue weighted by Gasteiger charge is 2.35. The second-order valence-corrected chi connectivity index (χ2v) is 13.7. The third-order valence-corrected chi connectivity index (χ3v) is 9.45. The number of benzene rings is 4. The van der Waals surface area contributed by atoms with Crippen molar-refractivity contribution < 1.29 is 22.7 Å². The SMILES string of the molecule is COc1cccc(CN(C(=O)CN(c2ccc(C)cc2C)S(=O)(=O)c2ccccc2)C(Cc2ccccc2)C(=O)NCC(C)C)c1. The minimum absolute atomic E-state index is 0.0642. The Kier molecular flexibility index (Phi) is 11.6. The van der Waals surface area contributed by atoms with Crippen molar-refractivity contribution in [1.82, 2.24) is 10.2 Å². The second-order valence-electron chi connectivity index (χ2n) is 11.8. The van der Waals surface area contributed by atoms with Crippen LogP contribution in [0.2, 0.25) is 0 Å². The Hall–Kier alpha value is -4.63. The summed E-state index contributed by atoms with van der Waals surface area (Å²) in [4.78, 5) is 30.1. The van der Waals surface area contributed by atoms with Gasteiger partial charge in [-0.1, -0.05) is 92.2 Å². The van der Waals surface area contributed by atoms with E-state index in [1.807, 2.05) is 88.4 Å². The Balaban J connectivity index is 1.82. The highest BCUT2D eigenvalue weighted by molar-refractivity contribution is 7.92. The third-order valence-electron chi connectivity index (χ3n) is 7.67. The summed E-state index contributed by atoms with van der Waals surface area (Å²) >= 11 is 0. The molecule has 0 radical (unpaired) electrons. The number of hydrogen-bond donors (Lipinski definition) is 1. The molecular weight excluding hydrogens is 598 g/mol. The van der Waals surface area contributed by atoms with E-state index < -0.39 is 28.5 Å². The van der Waals surface area contributed by atoms with E-state index >= 15 is 0 Å². The number of amides is 2. The molecule has 9 heteroatoms. The molecule has 0 heterocycles. The molecule has 0 saturated carbocycles. The monoisotopic (exact) mass is 641 g/mol. The lowest BCUT2D eigenvalue weighted by molar-refractivity contribution is -0.140. The molecule has 1 N–H and O–H groups in total.